The van der Waals surface area contributed by atoms with E-state index in [1.54, 1.807) is 12.1 Å². The molecule has 5 rings (SSSR count). The Morgan fingerprint density at radius 2 is 1.86 bits per heavy atom. The lowest BCUT2D eigenvalue weighted by Crippen LogP contribution is -2.44. The smallest absolute Gasteiger partial charge is 0.228 e. The third-order valence-corrected chi connectivity index (χ3v) is 6.31. The van der Waals surface area contributed by atoms with E-state index in [4.69, 9.17) is 15.0 Å². The van der Waals surface area contributed by atoms with Gasteiger partial charge in [0.05, 0.1) is 6.33 Å². The predicted octanol–water partition coefficient (Wildman–Crippen LogP) is 3.36. The van der Waals surface area contributed by atoms with Crippen molar-refractivity contribution in [3.05, 3.63) is 30.6 Å². The van der Waals surface area contributed by atoms with Gasteiger partial charge in [-0.3, -0.25) is 0 Å². The third kappa shape index (κ3) is 3.55. The van der Waals surface area contributed by atoms with Gasteiger partial charge in [0.2, 0.25) is 5.95 Å². The Kier molecular flexibility index (Phi) is 4.83. The SMILES string of the molecule is CC1CCC(n2cnc3c(-c4cccc(O)c4)nc(N4CCNCC4)nc32)CC1. The summed E-state index contributed by atoms with van der Waals surface area (Å²) in [6, 6.07) is 7.71. The Morgan fingerprint density at radius 1 is 1.07 bits per heavy atom. The summed E-state index contributed by atoms with van der Waals surface area (Å²) in [5.74, 6) is 1.79. The molecule has 0 radical (unpaired) electrons. The molecule has 0 amide bonds. The highest BCUT2D eigenvalue weighted by atomic mass is 16.3. The van der Waals surface area contributed by atoms with Gasteiger partial charge in [-0.25, -0.2) is 9.97 Å². The number of rotatable bonds is 3. The summed E-state index contributed by atoms with van der Waals surface area (Å²) >= 11 is 0. The van der Waals surface area contributed by atoms with Crippen LogP contribution in [0.4, 0.5) is 5.95 Å². The summed E-state index contributed by atoms with van der Waals surface area (Å²) in [6.07, 6.45) is 6.77. The van der Waals surface area contributed by atoms with Crippen molar-refractivity contribution in [2.45, 2.75) is 38.6 Å². The number of fused-ring (bicyclic) bond motifs is 1. The minimum Gasteiger partial charge on any atom is -0.508 e. The molecule has 0 unspecified atom stereocenters. The molecule has 1 aliphatic carbocycles. The molecule has 1 saturated carbocycles. The van der Waals surface area contributed by atoms with Crippen molar-refractivity contribution in [3.63, 3.8) is 0 Å². The number of benzene rings is 1. The maximum atomic E-state index is 10.0. The number of phenols is 1. The van der Waals surface area contributed by atoms with Gasteiger partial charge in [0, 0.05) is 37.8 Å². The monoisotopic (exact) mass is 392 g/mol. The molecule has 1 aromatic carbocycles. The third-order valence-electron chi connectivity index (χ3n) is 6.31. The van der Waals surface area contributed by atoms with Crippen LogP contribution in [-0.4, -0.2) is 50.8 Å². The number of anilines is 1. The molecule has 0 atom stereocenters. The number of piperazine rings is 1. The number of nitrogens with one attached hydrogen (secondary N) is 1. The number of hydrogen-bond donors (Lipinski definition) is 2. The van der Waals surface area contributed by atoms with Crippen LogP contribution in [0.1, 0.15) is 38.6 Å². The molecular weight excluding hydrogens is 364 g/mol. The van der Waals surface area contributed by atoms with Crippen molar-refractivity contribution in [3.8, 4) is 17.0 Å². The standard InChI is InChI=1S/C22H28N6O/c1-15-5-7-17(8-6-15)28-14-24-20-19(16-3-2-4-18(29)13-16)25-22(26-21(20)28)27-11-9-23-10-12-27/h2-4,13-15,17,23,29H,5-12H2,1H3. The van der Waals surface area contributed by atoms with E-state index >= 15 is 0 Å². The highest BCUT2D eigenvalue weighted by Gasteiger charge is 2.25. The van der Waals surface area contributed by atoms with E-state index in [1.807, 2.05) is 18.5 Å². The lowest BCUT2D eigenvalue weighted by molar-refractivity contribution is 0.293. The van der Waals surface area contributed by atoms with E-state index in [1.165, 1.54) is 25.7 Å². The number of aromatic nitrogens is 4. The van der Waals surface area contributed by atoms with Crippen LogP contribution in [0.25, 0.3) is 22.4 Å². The van der Waals surface area contributed by atoms with Crippen molar-refractivity contribution in [1.29, 1.82) is 0 Å². The number of phenolic OH excluding ortho intramolecular Hbond substituents is 1. The topological polar surface area (TPSA) is 79.1 Å². The number of aromatic hydroxyl groups is 1. The van der Waals surface area contributed by atoms with E-state index in [0.29, 0.717) is 6.04 Å². The Morgan fingerprint density at radius 3 is 2.62 bits per heavy atom. The molecule has 29 heavy (non-hydrogen) atoms. The largest absolute Gasteiger partial charge is 0.508 e. The quantitative estimate of drug-likeness (QED) is 0.712. The Hall–Kier alpha value is -2.67. The van der Waals surface area contributed by atoms with Crippen LogP contribution in [0, 0.1) is 5.92 Å². The molecular formula is C22H28N6O. The fourth-order valence-electron chi connectivity index (χ4n) is 4.55. The molecule has 1 aliphatic heterocycles. The second kappa shape index (κ2) is 7.63. The molecule has 7 heteroatoms. The summed E-state index contributed by atoms with van der Waals surface area (Å²) in [6.45, 7) is 5.98. The van der Waals surface area contributed by atoms with Gasteiger partial charge in [0.25, 0.3) is 0 Å². The average molecular weight is 393 g/mol. The van der Waals surface area contributed by atoms with Gasteiger partial charge in [-0.2, -0.15) is 4.98 Å². The summed E-state index contributed by atoms with van der Waals surface area (Å²) in [5.41, 5.74) is 3.39. The van der Waals surface area contributed by atoms with Crippen LogP contribution in [0.3, 0.4) is 0 Å². The minimum absolute atomic E-state index is 0.235. The minimum atomic E-state index is 0.235. The number of imidazole rings is 1. The summed E-state index contributed by atoms with van der Waals surface area (Å²) in [4.78, 5) is 16.9. The fourth-order valence-corrected chi connectivity index (χ4v) is 4.55. The predicted molar refractivity (Wildman–Crippen MR) is 114 cm³/mol. The molecule has 2 N–H and O–H groups in total. The van der Waals surface area contributed by atoms with Gasteiger partial charge >= 0.3 is 0 Å². The van der Waals surface area contributed by atoms with Crippen LogP contribution < -0.4 is 10.2 Å². The number of hydrogen-bond acceptors (Lipinski definition) is 6. The highest BCUT2D eigenvalue weighted by Crippen LogP contribution is 2.36. The zero-order chi connectivity index (χ0) is 19.8. The Bertz CT molecular complexity index is 1000. The average Bonchev–Trinajstić information content (AvgIpc) is 3.18. The van der Waals surface area contributed by atoms with Crippen molar-refractivity contribution < 1.29 is 5.11 Å². The molecule has 1 saturated heterocycles. The van der Waals surface area contributed by atoms with E-state index in [9.17, 15) is 5.11 Å². The summed E-state index contributed by atoms with van der Waals surface area (Å²) in [5, 5.41) is 13.4. The second-order valence-electron chi connectivity index (χ2n) is 8.40. The van der Waals surface area contributed by atoms with E-state index < -0.39 is 0 Å². The Labute approximate surface area is 170 Å². The second-order valence-corrected chi connectivity index (χ2v) is 8.40. The molecule has 0 bridgehead atoms. The van der Waals surface area contributed by atoms with Gasteiger partial charge in [0.1, 0.15) is 17.0 Å². The highest BCUT2D eigenvalue weighted by molar-refractivity contribution is 5.88. The first-order chi connectivity index (χ1) is 14.2. The summed E-state index contributed by atoms with van der Waals surface area (Å²) in [7, 11) is 0. The maximum absolute atomic E-state index is 10.0. The van der Waals surface area contributed by atoms with Crippen molar-refractivity contribution in [2.75, 3.05) is 31.1 Å². The molecule has 152 valence electrons. The van der Waals surface area contributed by atoms with Crippen molar-refractivity contribution >= 4 is 17.1 Å². The van der Waals surface area contributed by atoms with Crippen LogP contribution in [0.15, 0.2) is 30.6 Å². The van der Waals surface area contributed by atoms with Crippen LogP contribution in [0.5, 0.6) is 5.75 Å². The molecule has 2 aliphatic rings. The van der Waals surface area contributed by atoms with Crippen LogP contribution >= 0.6 is 0 Å². The number of nitrogens with zero attached hydrogens (tertiary/aromatic N) is 5. The van der Waals surface area contributed by atoms with E-state index in [-0.39, 0.29) is 5.75 Å². The molecule has 7 nitrogen and oxygen atoms in total. The first-order valence-electron chi connectivity index (χ1n) is 10.7. The van der Waals surface area contributed by atoms with Gasteiger partial charge in [-0.1, -0.05) is 19.1 Å². The molecule has 3 heterocycles. The first kappa shape index (κ1) is 18.4. The van der Waals surface area contributed by atoms with Crippen LogP contribution in [-0.2, 0) is 0 Å². The molecule has 0 spiro atoms. The fraction of sp³-hybridized carbons (Fsp3) is 0.500. The zero-order valence-electron chi connectivity index (χ0n) is 16.9. The zero-order valence-corrected chi connectivity index (χ0v) is 16.9. The van der Waals surface area contributed by atoms with E-state index in [2.05, 4.69) is 21.7 Å². The normalized spacial score (nSPS) is 22.9. The van der Waals surface area contributed by atoms with E-state index in [0.717, 1.165) is 60.5 Å². The van der Waals surface area contributed by atoms with Crippen molar-refractivity contribution in [2.24, 2.45) is 5.92 Å². The first-order valence-corrected chi connectivity index (χ1v) is 10.7. The molecule has 3 aromatic rings. The maximum Gasteiger partial charge on any atom is 0.228 e. The van der Waals surface area contributed by atoms with Gasteiger partial charge in [-0.05, 0) is 43.7 Å². The van der Waals surface area contributed by atoms with Gasteiger partial charge in [-0.15, -0.1) is 0 Å². The lowest BCUT2D eigenvalue weighted by Gasteiger charge is -2.29. The van der Waals surface area contributed by atoms with Gasteiger partial charge in [0.15, 0.2) is 5.65 Å². The summed E-state index contributed by atoms with van der Waals surface area (Å²) < 4.78 is 2.26. The van der Waals surface area contributed by atoms with Gasteiger partial charge < -0.3 is 19.9 Å². The molecule has 2 fully saturated rings. The Balaban J connectivity index is 1.64. The van der Waals surface area contributed by atoms with Crippen LogP contribution in [0.2, 0.25) is 0 Å². The lowest BCUT2D eigenvalue weighted by atomic mass is 9.87. The van der Waals surface area contributed by atoms with Crippen molar-refractivity contribution in [1.82, 2.24) is 24.8 Å². The molecule has 2 aromatic heterocycles.